The molecule has 3 rings (SSSR count). The zero-order chi connectivity index (χ0) is 24.6. The average molecular weight is 492 g/mol. The van der Waals surface area contributed by atoms with Crippen LogP contribution in [0.1, 0.15) is 28.4 Å². The minimum Gasteiger partial charge on any atom is -0.394 e. The Morgan fingerprint density at radius 2 is 1.64 bits per heavy atom. The molecule has 2 aromatic carbocycles. The third-order valence-corrected chi connectivity index (χ3v) is 6.38. The lowest BCUT2D eigenvalue weighted by molar-refractivity contribution is -0.231. The number of aryl methyl sites for hydroxylation is 1. The highest BCUT2D eigenvalue weighted by molar-refractivity contribution is 7.88. The second kappa shape index (κ2) is 9.57. The molecule has 1 saturated heterocycles. The van der Waals surface area contributed by atoms with E-state index in [9.17, 15) is 42.0 Å². The first kappa shape index (κ1) is 25.4. The molecule has 4 N–H and O–H groups in total. The molecular formula is C21H23F3O8S. The number of hydrogen-bond acceptors (Lipinski definition) is 8. The SMILES string of the molecule is Cc1ccc(C2O[C@H](CO)[C@@H](O)[C@H](O)[C@H]2O)cc1Cc1ccc(OS(=O)(=O)C(F)(F)F)cc1. The van der Waals surface area contributed by atoms with E-state index in [1.165, 1.54) is 12.1 Å². The Balaban J connectivity index is 1.79. The molecule has 1 aliphatic rings. The first-order valence-corrected chi connectivity index (χ1v) is 11.2. The molecule has 0 bridgehead atoms. The zero-order valence-electron chi connectivity index (χ0n) is 17.3. The molecular weight excluding hydrogens is 469 g/mol. The minimum absolute atomic E-state index is 0.309. The normalized spacial score (nSPS) is 26.2. The summed E-state index contributed by atoms with van der Waals surface area (Å²) in [6.07, 6.45) is -6.20. The highest BCUT2D eigenvalue weighted by Crippen LogP contribution is 2.34. The maximum atomic E-state index is 12.5. The predicted octanol–water partition coefficient (Wildman–Crippen LogP) is 1.33. The summed E-state index contributed by atoms with van der Waals surface area (Å²) in [6.45, 7) is 1.26. The topological polar surface area (TPSA) is 134 Å². The second-order valence-electron chi connectivity index (χ2n) is 7.74. The lowest BCUT2D eigenvalue weighted by Gasteiger charge is -2.40. The van der Waals surface area contributed by atoms with Crippen molar-refractivity contribution in [2.45, 2.75) is 49.4 Å². The summed E-state index contributed by atoms with van der Waals surface area (Å²) in [4.78, 5) is 0. The lowest BCUT2D eigenvalue weighted by atomic mass is 9.89. The van der Waals surface area contributed by atoms with E-state index in [-0.39, 0.29) is 0 Å². The fourth-order valence-corrected chi connectivity index (χ4v) is 3.95. The van der Waals surface area contributed by atoms with Crippen LogP contribution in [0.2, 0.25) is 0 Å². The largest absolute Gasteiger partial charge is 0.534 e. The van der Waals surface area contributed by atoms with Gasteiger partial charge in [0.05, 0.1) is 6.61 Å². The van der Waals surface area contributed by atoms with Crippen molar-refractivity contribution in [3.05, 3.63) is 64.7 Å². The summed E-state index contributed by atoms with van der Waals surface area (Å²) < 4.78 is 69.3. The number of hydrogen-bond donors (Lipinski definition) is 4. The van der Waals surface area contributed by atoms with E-state index in [1.807, 2.05) is 6.92 Å². The highest BCUT2D eigenvalue weighted by atomic mass is 32.2. The molecule has 12 heteroatoms. The Labute approximate surface area is 188 Å². The molecule has 5 atom stereocenters. The Morgan fingerprint density at radius 3 is 2.21 bits per heavy atom. The summed E-state index contributed by atoms with van der Waals surface area (Å²) in [6, 6.07) is 10.2. The fourth-order valence-electron chi connectivity index (χ4n) is 3.49. The first-order valence-electron chi connectivity index (χ1n) is 9.83. The molecule has 182 valence electrons. The minimum atomic E-state index is -5.76. The van der Waals surface area contributed by atoms with Crippen molar-refractivity contribution < 1.29 is 50.9 Å². The Kier molecular flexibility index (Phi) is 7.36. The lowest BCUT2D eigenvalue weighted by Crippen LogP contribution is -2.55. The van der Waals surface area contributed by atoms with Crippen LogP contribution in [0.3, 0.4) is 0 Å². The molecule has 1 fully saturated rings. The Hall–Kier alpha value is -2.22. The first-order chi connectivity index (χ1) is 15.3. The monoisotopic (exact) mass is 492 g/mol. The van der Waals surface area contributed by atoms with Gasteiger partial charge in [0.2, 0.25) is 0 Å². The van der Waals surface area contributed by atoms with Gasteiger partial charge in [0.25, 0.3) is 0 Å². The van der Waals surface area contributed by atoms with Gasteiger partial charge in [-0.2, -0.15) is 21.6 Å². The zero-order valence-corrected chi connectivity index (χ0v) is 18.1. The molecule has 1 unspecified atom stereocenters. The van der Waals surface area contributed by atoms with Crippen LogP contribution in [0.5, 0.6) is 5.75 Å². The van der Waals surface area contributed by atoms with Crippen molar-refractivity contribution in [2.24, 2.45) is 0 Å². The van der Waals surface area contributed by atoms with Gasteiger partial charge >= 0.3 is 15.6 Å². The van der Waals surface area contributed by atoms with Crippen LogP contribution in [-0.2, 0) is 21.3 Å². The summed E-state index contributed by atoms with van der Waals surface area (Å²) in [5.41, 5.74) is -2.79. The molecule has 0 amide bonds. The molecule has 0 saturated carbocycles. The molecule has 8 nitrogen and oxygen atoms in total. The van der Waals surface area contributed by atoms with E-state index < -0.39 is 58.5 Å². The predicted molar refractivity (Wildman–Crippen MR) is 109 cm³/mol. The Morgan fingerprint density at radius 1 is 1.00 bits per heavy atom. The molecule has 0 radical (unpaired) electrons. The molecule has 0 spiro atoms. The second-order valence-corrected chi connectivity index (χ2v) is 9.28. The standard InChI is InChI=1S/C21H23F3O8S/c1-11-2-5-13(20-19(28)18(27)17(26)16(10-25)31-20)9-14(11)8-12-3-6-15(7-4-12)32-33(29,30)21(22,23)24/h2-7,9,16-20,25-28H,8,10H2,1H3/t16-,17-,18+,19-,20?/m1/s1. The molecule has 0 aliphatic carbocycles. The maximum Gasteiger partial charge on any atom is 0.534 e. The van der Waals surface area contributed by atoms with Gasteiger partial charge in [0, 0.05) is 0 Å². The van der Waals surface area contributed by atoms with Gasteiger partial charge in [-0.3, -0.25) is 0 Å². The van der Waals surface area contributed by atoms with Gasteiger partial charge < -0.3 is 29.3 Å². The number of rotatable bonds is 6. The van der Waals surface area contributed by atoms with E-state index in [2.05, 4.69) is 4.18 Å². The molecule has 1 aliphatic heterocycles. The van der Waals surface area contributed by atoms with Gasteiger partial charge in [-0.1, -0.05) is 30.3 Å². The molecule has 0 aromatic heterocycles. The smallest absolute Gasteiger partial charge is 0.394 e. The van der Waals surface area contributed by atoms with Crippen LogP contribution in [0.15, 0.2) is 42.5 Å². The third kappa shape index (κ3) is 5.48. The summed E-state index contributed by atoms with van der Waals surface area (Å²) >= 11 is 0. The van der Waals surface area contributed by atoms with Crippen molar-refractivity contribution in [1.82, 2.24) is 0 Å². The van der Waals surface area contributed by atoms with E-state index in [0.717, 1.165) is 23.3 Å². The molecule has 1 heterocycles. The molecule has 33 heavy (non-hydrogen) atoms. The Bertz CT molecular complexity index is 1070. The number of aliphatic hydroxyl groups is 4. The summed E-state index contributed by atoms with van der Waals surface area (Å²) in [5, 5.41) is 39.7. The number of halogens is 3. The van der Waals surface area contributed by atoms with Gasteiger partial charge in [0.15, 0.2) is 0 Å². The molecule has 2 aromatic rings. The number of aliphatic hydroxyl groups excluding tert-OH is 4. The number of alkyl halides is 3. The van der Waals surface area contributed by atoms with Crippen molar-refractivity contribution in [1.29, 1.82) is 0 Å². The van der Waals surface area contributed by atoms with Crippen LogP contribution < -0.4 is 4.18 Å². The third-order valence-electron chi connectivity index (χ3n) is 5.40. The highest BCUT2D eigenvalue weighted by Gasteiger charge is 2.48. The number of benzene rings is 2. The quantitative estimate of drug-likeness (QED) is 0.351. The van der Waals surface area contributed by atoms with Crippen molar-refractivity contribution in [3.8, 4) is 5.75 Å². The summed E-state index contributed by atoms with van der Waals surface area (Å²) in [7, 11) is -5.76. The van der Waals surface area contributed by atoms with Crippen LogP contribution in [0.4, 0.5) is 13.2 Å². The van der Waals surface area contributed by atoms with Gasteiger partial charge in [-0.25, -0.2) is 0 Å². The van der Waals surface area contributed by atoms with Crippen LogP contribution >= 0.6 is 0 Å². The van der Waals surface area contributed by atoms with Gasteiger partial charge in [-0.15, -0.1) is 0 Å². The van der Waals surface area contributed by atoms with Crippen molar-refractivity contribution in [2.75, 3.05) is 6.61 Å². The van der Waals surface area contributed by atoms with E-state index in [0.29, 0.717) is 17.5 Å². The van der Waals surface area contributed by atoms with Gasteiger partial charge in [0.1, 0.15) is 36.3 Å². The van der Waals surface area contributed by atoms with Crippen LogP contribution in [0.25, 0.3) is 0 Å². The van der Waals surface area contributed by atoms with Gasteiger partial charge in [-0.05, 0) is 47.7 Å². The fraction of sp³-hybridized carbons (Fsp3) is 0.429. The van der Waals surface area contributed by atoms with E-state index >= 15 is 0 Å². The average Bonchev–Trinajstić information content (AvgIpc) is 2.74. The van der Waals surface area contributed by atoms with E-state index in [1.54, 1.807) is 18.2 Å². The van der Waals surface area contributed by atoms with Crippen LogP contribution in [-0.4, -0.2) is 65.4 Å². The van der Waals surface area contributed by atoms with E-state index in [4.69, 9.17) is 4.74 Å². The maximum absolute atomic E-state index is 12.5. The van der Waals surface area contributed by atoms with Crippen LogP contribution in [0, 0.1) is 6.92 Å². The summed E-state index contributed by atoms with van der Waals surface area (Å²) in [5.74, 6) is -0.483. The van der Waals surface area contributed by atoms with Crippen molar-refractivity contribution >= 4 is 10.1 Å². The van der Waals surface area contributed by atoms with Crippen molar-refractivity contribution in [3.63, 3.8) is 0 Å². The number of ether oxygens (including phenoxy) is 1.